The monoisotopic (exact) mass is 423 g/mol. The first-order valence-electron chi connectivity index (χ1n) is 10.3. The number of fused-ring (bicyclic) bond motifs is 2. The van der Waals surface area contributed by atoms with Crippen LogP contribution in [0.15, 0.2) is 84.9 Å². The van der Waals surface area contributed by atoms with Gasteiger partial charge in [-0.05, 0) is 61.4 Å². The molecule has 1 aliphatic rings. The number of anilines is 1. The van der Waals surface area contributed by atoms with Crippen LogP contribution in [0.25, 0.3) is 0 Å². The summed E-state index contributed by atoms with van der Waals surface area (Å²) in [5, 5.41) is 2.91. The Labute approximate surface area is 186 Å². The van der Waals surface area contributed by atoms with E-state index in [1.807, 2.05) is 74.5 Å². The summed E-state index contributed by atoms with van der Waals surface area (Å²) < 4.78 is 18.4. The normalized spacial score (nSPS) is 12.0. The van der Waals surface area contributed by atoms with Gasteiger partial charge in [-0.2, -0.15) is 0 Å². The number of nitrogens with one attached hydrogen (secondary N) is 1. The molecule has 158 valence electrons. The van der Waals surface area contributed by atoms with Gasteiger partial charge in [0.1, 0.15) is 34.3 Å². The Kier molecular flexibility index (Phi) is 5.00. The fourth-order valence-corrected chi connectivity index (χ4v) is 3.59. The maximum atomic E-state index is 13.1. The van der Waals surface area contributed by atoms with E-state index in [1.165, 1.54) is 0 Å². The molecular weight excluding hydrogens is 402 g/mol. The lowest BCUT2D eigenvalue weighted by atomic mass is 10.1. The topological polar surface area (TPSA) is 56.8 Å². The van der Waals surface area contributed by atoms with Crippen LogP contribution < -0.4 is 19.5 Å². The molecule has 1 aliphatic heterocycles. The number of ether oxygens (including phenoxy) is 3. The van der Waals surface area contributed by atoms with Crippen LogP contribution in [0.2, 0.25) is 0 Å². The van der Waals surface area contributed by atoms with Crippen LogP contribution in [0.4, 0.5) is 5.69 Å². The maximum absolute atomic E-state index is 13.1. The van der Waals surface area contributed by atoms with Crippen molar-refractivity contribution in [2.24, 2.45) is 0 Å². The summed E-state index contributed by atoms with van der Waals surface area (Å²) >= 11 is 0. The van der Waals surface area contributed by atoms with E-state index in [1.54, 1.807) is 24.3 Å². The molecule has 0 fully saturated rings. The van der Waals surface area contributed by atoms with Crippen molar-refractivity contribution in [1.82, 2.24) is 0 Å². The van der Waals surface area contributed by atoms with E-state index in [0.717, 1.165) is 11.1 Å². The van der Waals surface area contributed by atoms with E-state index >= 15 is 0 Å². The lowest BCUT2D eigenvalue weighted by Crippen LogP contribution is -2.12. The van der Waals surface area contributed by atoms with Gasteiger partial charge in [0.05, 0.1) is 5.69 Å². The highest BCUT2D eigenvalue weighted by molar-refractivity contribution is 6.10. The predicted molar refractivity (Wildman–Crippen MR) is 123 cm³/mol. The van der Waals surface area contributed by atoms with Gasteiger partial charge in [0.2, 0.25) is 0 Å². The van der Waals surface area contributed by atoms with Gasteiger partial charge in [0.25, 0.3) is 5.91 Å². The molecule has 32 heavy (non-hydrogen) atoms. The Balaban J connectivity index is 1.62. The summed E-state index contributed by atoms with van der Waals surface area (Å²) in [7, 11) is 0. The molecule has 0 aromatic heterocycles. The lowest BCUT2D eigenvalue weighted by molar-refractivity contribution is 0.102. The van der Waals surface area contributed by atoms with Crippen molar-refractivity contribution in [2.75, 3.05) is 5.32 Å². The molecule has 0 bridgehead atoms. The maximum Gasteiger partial charge on any atom is 0.263 e. The number of carbonyl (C=O) groups excluding carboxylic acids is 1. The molecule has 5 rings (SSSR count). The molecule has 0 radical (unpaired) electrons. The summed E-state index contributed by atoms with van der Waals surface area (Å²) in [4.78, 5) is 13.1. The molecule has 0 unspecified atom stereocenters. The van der Waals surface area contributed by atoms with Crippen LogP contribution >= 0.6 is 0 Å². The third-order valence-corrected chi connectivity index (χ3v) is 5.06. The number of amides is 1. The molecular formula is C27H21NO4. The molecule has 5 nitrogen and oxygen atoms in total. The van der Waals surface area contributed by atoms with Gasteiger partial charge in [-0.1, -0.05) is 36.4 Å². The van der Waals surface area contributed by atoms with Crippen LogP contribution in [-0.4, -0.2) is 5.91 Å². The number of para-hydroxylation sites is 2. The number of benzene rings is 4. The highest BCUT2D eigenvalue weighted by Gasteiger charge is 2.27. The van der Waals surface area contributed by atoms with E-state index in [2.05, 4.69) is 5.32 Å². The molecule has 4 aromatic carbocycles. The summed E-state index contributed by atoms with van der Waals surface area (Å²) in [5.41, 5.74) is 3.03. The van der Waals surface area contributed by atoms with Gasteiger partial charge in [-0.25, -0.2) is 0 Å². The van der Waals surface area contributed by atoms with Crippen LogP contribution in [0, 0.1) is 13.8 Å². The molecule has 1 heterocycles. The van der Waals surface area contributed by atoms with Crippen molar-refractivity contribution in [3.63, 3.8) is 0 Å². The molecule has 4 aromatic rings. The number of carbonyl (C=O) groups is 1. The van der Waals surface area contributed by atoms with Crippen LogP contribution in [-0.2, 0) is 0 Å². The van der Waals surface area contributed by atoms with E-state index in [-0.39, 0.29) is 5.91 Å². The Morgan fingerprint density at radius 3 is 2.09 bits per heavy atom. The largest absolute Gasteiger partial charge is 0.457 e. The first kappa shape index (κ1) is 19.7. The highest BCUT2D eigenvalue weighted by atomic mass is 16.5. The van der Waals surface area contributed by atoms with Crippen molar-refractivity contribution in [3.05, 3.63) is 102 Å². The molecule has 1 N–H and O–H groups in total. The van der Waals surface area contributed by atoms with Crippen LogP contribution in [0.3, 0.4) is 0 Å². The van der Waals surface area contributed by atoms with Gasteiger partial charge >= 0.3 is 0 Å². The van der Waals surface area contributed by atoms with Gasteiger partial charge in [0, 0.05) is 12.1 Å². The minimum absolute atomic E-state index is 0.305. The number of hydrogen-bond acceptors (Lipinski definition) is 4. The quantitative estimate of drug-likeness (QED) is 0.376. The zero-order valence-corrected chi connectivity index (χ0v) is 17.7. The van der Waals surface area contributed by atoms with Crippen molar-refractivity contribution >= 4 is 11.6 Å². The average molecular weight is 423 g/mol. The van der Waals surface area contributed by atoms with Gasteiger partial charge < -0.3 is 19.5 Å². The van der Waals surface area contributed by atoms with Crippen molar-refractivity contribution in [3.8, 4) is 34.5 Å². The van der Waals surface area contributed by atoms with E-state index in [9.17, 15) is 4.79 Å². The Morgan fingerprint density at radius 1 is 0.688 bits per heavy atom. The number of hydrogen-bond donors (Lipinski definition) is 1. The van der Waals surface area contributed by atoms with Crippen molar-refractivity contribution in [2.45, 2.75) is 13.8 Å². The molecule has 0 aliphatic carbocycles. The first-order chi connectivity index (χ1) is 15.5. The fraction of sp³-hybridized carbons (Fsp3) is 0.0741. The van der Waals surface area contributed by atoms with Crippen molar-refractivity contribution < 1.29 is 19.0 Å². The standard InChI is InChI=1S/C27H21NO4/c1-17-7-5-9-19(13-17)30-21-15-24(31-20-10-6-8-18(2)14-20)26-25(16-21)32-23-12-4-3-11-22(23)28-27(26)29/h3-16H,1-2H3,(H,28,29). The van der Waals surface area contributed by atoms with Crippen LogP contribution in [0.1, 0.15) is 21.5 Å². The van der Waals surface area contributed by atoms with E-state index < -0.39 is 0 Å². The van der Waals surface area contributed by atoms with Gasteiger partial charge in [-0.15, -0.1) is 0 Å². The molecule has 0 saturated heterocycles. The first-order valence-corrected chi connectivity index (χ1v) is 10.3. The zero-order valence-electron chi connectivity index (χ0n) is 17.7. The summed E-state index contributed by atoms with van der Waals surface area (Å²) in [6, 6.07) is 26.1. The molecule has 1 amide bonds. The Morgan fingerprint density at radius 2 is 1.38 bits per heavy atom. The summed E-state index contributed by atoms with van der Waals surface area (Å²) in [6.07, 6.45) is 0. The molecule has 5 heteroatoms. The second-order valence-corrected chi connectivity index (χ2v) is 7.68. The smallest absolute Gasteiger partial charge is 0.263 e. The molecule has 0 atom stereocenters. The second kappa shape index (κ2) is 8.12. The Bertz CT molecular complexity index is 1330. The highest BCUT2D eigenvalue weighted by Crippen LogP contribution is 2.43. The van der Waals surface area contributed by atoms with Gasteiger partial charge in [0.15, 0.2) is 5.75 Å². The second-order valence-electron chi connectivity index (χ2n) is 7.68. The number of aryl methyl sites for hydroxylation is 2. The SMILES string of the molecule is Cc1cccc(Oc2cc(Oc3cccc(C)c3)c3c(c2)Oc2ccccc2NC3=O)c1. The number of rotatable bonds is 4. The van der Waals surface area contributed by atoms with Crippen LogP contribution in [0.5, 0.6) is 34.5 Å². The average Bonchev–Trinajstić information content (AvgIpc) is 2.89. The zero-order chi connectivity index (χ0) is 22.1. The summed E-state index contributed by atoms with van der Waals surface area (Å²) in [5.74, 6) is 2.76. The third kappa shape index (κ3) is 4.01. The fourth-order valence-electron chi connectivity index (χ4n) is 3.59. The lowest BCUT2D eigenvalue weighted by Gasteiger charge is -2.16. The molecule has 0 saturated carbocycles. The Hall–Kier alpha value is -4.25. The van der Waals surface area contributed by atoms with Gasteiger partial charge in [-0.3, -0.25) is 4.79 Å². The van der Waals surface area contributed by atoms with E-state index in [0.29, 0.717) is 45.7 Å². The summed E-state index contributed by atoms with van der Waals surface area (Å²) in [6.45, 7) is 3.98. The predicted octanol–water partition coefficient (Wildman–Crippen LogP) is 7.25. The minimum atomic E-state index is -0.310. The third-order valence-electron chi connectivity index (χ3n) is 5.06. The molecule has 0 spiro atoms. The van der Waals surface area contributed by atoms with Crippen molar-refractivity contribution in [1.29, 1.82) is 0 Å². The minimum Gasteiger partial charge on any atom is -0.457 e. The van der Waals surface area contributed by atoms with E-state index in [4.69, 9.17) is 14.2 Å².